The van der Waals surface area contributed by atoms with E-state index in [1.807, 2.05) is 24.3 Å². The van der Waals surface area contributed by atoms with E-state index in [1.165, 1.54) is 6.92 Å². The Morgan fingerprint density at radius 1 is 1.44 bits per heavy atom. The van der Waals surface area contributed by atoms with E-state index in [0.29, 0.717) is 12.0 Å². The molecule has 0 N–H and O–H groups in total. The van der Waals surface area contributed by atoms with Crippen molar-refractivity contribution in [2.24, 2.45) is 5.11 Å². The van der Waals surface area contributed by atoms with E-state index < -0.39 is 0 Å². The highest BCUT2D eigenvalue weighted by Crippen LogP contribution is 2.15. The van der Waals surface area contributed by atoms with Gasteiger partial charge in [-0.2, -0.15) is 0 Å². The number of carbonyl (C=O) groups is 1. The molecule has 1 rings (SSSR count). The van der Waals surface area contributed by atoms with Crippen LogP contribution >= 0.6 is 0 Å². The van der Waals surface area contributed by atoms with Crippen LogP contribution in [-0.4, -0.2) is 19.4 Å². The van der Waals surface area contributed by atoms with Gasteiger partial charge in [0, 0.05) is 11.5 Å². The monoisotopic (exact) mass is 245 g/mol. The number of hydrogen-bond donors (Lipinski definition) is 0. The first kappa shape index (κ1) is 13.8. The van der Waals surface area contributed by atoms with Gasteiger partial charge < -0.3 is 4.74 Å². The number of azide groups is 1. The largest absolute Gasteiger partial charge is 0.497 e. The fourth-order valence-electron chi connectivity index (χ4n) is 1.47. The molecular weight excluding hydrogens is 230 g/mol. The van der Waals surface area contributed by atoms with Gasteiger partial charge in [0.25, 0.3) is 0 Å². The molecule has 0 heterocycles. The normalized spacial score (nSPS) is 10.7. The lowest BCUT2D eigenvalue weighted by molar-refractivity contribution is -0.113. The number of ether oxygens (including phenoxy) is 1. The SMILES string of the molecule is COc1ccc(/C=C(/CCN=[N+]=[N-])C(C)=O)cc1. The zero-order valence-corrected chi connectivity index (χ0v) is 10.5. The molecule has 94 valence electrons. The Kier molecular flexibility index (Phi) is 5.48. The average Bonchev–Trinajstić information content (AvgIpc) is 2.38. The van der Waals surface area contributed by atoms with Crippen molar-refractivity contribution in [3.05, 3.63) is 45.8 Å². The summed E-state index contributed by atoms with van der Waals surface area (Å²) in [5.74, 6) is 0.754. The Balaban J connectivity index is 2.85. The van der Waals surface area contributed by atoms with Crippen LogP contribution in [0.1, 0.15) is 18.9 Å². The van der Waals surface area contributed by atoms with Gasteiger partial charge in [0.05, 0.1) is 7.11 Å². The number of nitrogens with zero attached hydrogens (tertiary/aromatic N) is 3. The predicted octanol–water partition coefficient (Wildman–Crippen LogP) is 3.37. The number of hydrogen-bond acceptors (Lipinski definition) is 3. The lowest BCUT2D eigenvalue weighted by atomic mass is 10.0. The van der Waals surface area contributed by atoms with Crippen molar-refractivity contribution >= 4 is 11.9 Å². The van der Waals surface area contributed by atoms with E-state index in [4.69, 9.17) is 10.3 Å². The Morgan fingerprint density at radius 3 is 2.61 bits per heavy atom. The average molecular weight is 245 g/mol. The summed E-state index contributed by atoms with van der Waals surface area (Å²) in [5, 5.41) is 3.43. The van der Waals surface area contributed by atoms with Gasteiger partial charge in [-0.3, -0.25) is 4.79 Å². The van der Waals surface area contributed by atoms with Crippen LogP contribution in [0.2, 0.25) is 0 Å². The van der Waals surface area contributed by atoms with Crippen molar-refractivity contribution < 1.29 is 9.53 Å². The summed E-state index contributed by atoms with van der Waals surface area (Å²) in [7, 11) is 1.60. The number of benzene rings is 1. The molecule has 0 amide bonds. The van der Waals surface area contributed by atoms with Gasteiger partial charge >= 0.3 is 0 Å². The third kappa shape index (κ3) is 4.31. The summed E-state index contributed by atoms with van der Waals surface area (Å²) in [4.78, 5) is 14.1. The van der Waals surface area contributed by atoms with Crippen LogP contribution in [0, 0.1) is 0 Å². The summed E-state index contributed by atoms with van der Waals surface area (Å²) in [6.07, 6.45) is 2.25. The first-order valence-corrected chi connectivity index (χ1v) is 5.53. The van der Waals surface area contributed by atoms with Crippen LogP contribution in [0.4, 0.5) is 0 Å². The molecule has 0 aliphatic carbocycles. The second-order valence-electron chi connectivity index (χ2n) is 3.70. The maximum Gasteiger partial charge on any atom is 0.155 e. The molecule has 0 spiro atoms. The van der Waals surface area contributed by atoms with Gasteiger partial charge in [0.1, 0.15) is 5.75 Å². The fraction of sp³-hybridized carbons (Fsp3) is 0.308. The highest BCUT2D eigenvalue weighted by atomic mass is 16.5. The molecule has 0 unspecified atom stereocenters. The maximum atomic E-state index is 11.4. The van der Waals surface area contributed by atoms with Crippen LogP contribution in [0.25, 0.3) is 16.5 Å². The van der Waals surface area contributed by atoms with Gasteiger partial charge in [-0.05, 0) is 48.2 Å². The van der Waals surface area contributed by atoms with Crippen molar-refractivity contribution in [1.29, 1.82) is 0 Å². The van der Waals surface area contributed by atoms with Crippen LogP contribution < -0.4 is 4.74 Å². The number of Topliss-reactive ketones (excluding diaryl/α,β-unsaturated/α-hetero) is 1. The minimum absolute atomic E-state index is 0.0149. The third-order valence-corrected chi connectivity index (χ3v) is 2.45. The first-order valence-electron chi connectivity index (χ1n) is 5.53. The Morgan fingerprint density at radius 2 is 2.11 bits per heavy atom. The van der Waals surface area contributed by atoms with Crippen molar-refractivity contribution in [2.45, 2.75) is 13.3 Å². The molecular formula is C13H15N3O2. The standard InChI is InChI=1S/C13H15N3O2/c1-10(17)12(7-8-15-16-14)9-11-3-5-13(18-2)6-4-11/h3-6,9H,7-8H2,1-2H3/b12-9-. The molecule has 18 heavy (non-hydrogen) atoms. The summed E-state index contributed by atoms with van der Waals surface area (Å²) in [6.45, 7) is 1.80. The maximum absolute atomic E-state index is 11.4. The summed E-state index contributed by atoms with van der Waals surface area (Å²) in [5.41, 5.74) is 9.77. The quantitative estimate of drug-likeness (QED) is 0.333. The molecule has 0 atom stereocenters. The van der Waals surface area contributed by atoms with Crippen LogP contribution in [0.15, 0.2) is 35.0 Å². The van der Waals surface area contributed by atoms with Gasteiger partial charge in [0.2, 0.25) is 0 Å². The Labute approximate surface area is 106 Å². The second kappa shape index (κ2) is 7.14. The Bertz CT molecular complexity index is 485. The molecule has 0 radical (unpaired) electrons. The van der Waals surface area contributed by atoms with E-state index in [1.54, 1.807) is 13.2 Å². The first-order chi connectivity index (χ1) is 8.67. The molecule has 0 saturated carbocycles. The number of carbonyl (C=O) groups excluding carboxylic acids is 1. The second-order valence-corrected chi connectivity index (χ2v) is 3.70. The van der Waals surface area contributed by atoms with E-state index in [-0.39, 0.29) is 12.3 Å². The molecule has 5 heteroatoms. The number of ketones is 1. The van der Waals surface area contributed by atoms with Crippen molar-refractivity contribution in [3.8, 4) is 5.75 Å². The predicted molar refractivity (Wildman–Crippen MR) is 70.3 cm³/mol. The van der Waals surface area contributed by atoms with Crippen LogP contribution in [0.3, 0.4) is 0 Å². The number of methoxy groups -OCH3 is 1. The molecule has 1 aromatic carbocycles. The minimum Gasteiger partial charge on any atom is -0.497 e. The van der Waals surface area contributed by atoms with Gasteiger partial charge in [0.15, 0.2) is 5.78 Å². The van der Waals surface area contributed by atoms with E-state index in [2.05, 4.69) is 10.0 Å². The summed E-state index contributed by atoms with van der Waals surface area (Å²) >= 11 is 0. The van der Waals surface area contributed by atoms with E-state index >= 15 is 0 Å². The highest BCUT2D eigenvalue weighted by Gasteiger charge is 2.03. The van der Waals surface area contributed by atoms with Gasteiger partial charge in [-0.25, -0.2) is 0 Å². The zero-order valence-electron chi connectivity index (χ0n) is 10.5. The third-order valence-electron chi connectivity index (χ3n) is 2.45. The fourth-order valence-corrected chi connectivity index (χ4v) is 1.47. The number of rotatable bonds is 6. The highest BCUT2D eigenvalue weighted by molar-refractivity contribution is 5.97. The van der Waals surface area contributed by atoms with E-state index in [0.717, 1.165) is 11.3 Å². The molecule has 0 aromatic heterocycles. The molecule has 5 nitrogen and oxygen atoms in total. The topological polar surface area (TPSA) is 75.1 Å². The smallest absolute Gasteiger partial charge is 0.155 e. The van der Waals surface area contributed by atoms with Crippen molar-refractivity contribution in [3.63, 3.8) is 0 Å². The zero-order chi connectivity index (χ0) is 13.4. The summed E-state index contributed by atoms with van der Waals surface area (Å²) in [6, 6.07) is 7.40. The van der Waals surface area contributed by atoms with Crippen LogP contribution in [0.5, 0.6) is 5.75 Å². The lowest BCUT2D eigenvalue weighted by Crippen LogP contribution is -1.98. The molecule has 0 fully saturated rings. The summed E-state index contributed by atoms with van der Waals surface area (Å²) < 4.78 is 5.06. The van der Waals surface area contributed by atoms with Crippen molar-refractivity contribution in [2.75, 3.05) is 13.7 Å². The lowest BCUT2D eigenvalue weighted by Gasteiger charge is -2.03. The Hall–Kier alpha value is -2.26. The molecule has 0 saturated heterocycles. The van der Waals surface area contributed by atoms with E-state index in [9.17, 15) is 4.79 Å². The van der Waals surface area contributed by atoms with Gasteiger partial charge in [-0.15, -0.1) is 0 Å². The van der Waals surface area contributed by atoms with Gasteiger partial charge in [-0.1, -0.05) is 17.2 Å². The molecule has 0 aliphatic heterocycles. The molecule has 1 aromatic rings. The molecule has 0 aliphatic rings. The molecule has 0 bridgehead atoms. The minimum atomic E-state index is -0.0149. The van der Waals surface area contributed by atoms with Crippen LogP contribution in [-0.2, 0) is 4.79 Å². The van der Waals surface area contributed by atoms with Crippen molar-refractivity contribution in [1.82, 2.24) is 0 Å².